The summed E-state index contributed by atoms with van der Waals surface area (Å²) in [6.07, 6.45) is 1.25. The molecule has 1 heterocycles. The molecule has 0 saturated carbocycles. The van der Waals surface area contributed by atoms with Crippen LogP contribution in [0.3, 0.4) is 0 Å². The number of benzene rings is 2. The Bertz CT molecular complexity index is 979. The van der Waals surface area contributed by atoms with Crippen LogP contribution in [0, 0.1) is 11.6 Å². The highest BCUT2D eigenvalue weighted by atomic mass is 19.1. The first-order valence-electron chi connectivity index (χ1n) is 8.32. The van der Waals surface area contributed by atoms with Gasteiger partial charge in [0.25, 0.3) is 0 Å². The first kappa shape index (κ1) is 16.4. The summed E-state index contributed by atoms with van der Waals surface area (Å²) < 4.78 is 27.2. The van der Waals surface area contributed by atoms with Crippen molar-refractivity contribution in [3.05, 3.63) is 83.1 Å². The predicted molar refractivity (Wildman–Crippen MR) is 93.1 cm³/mol. The Kier molecular flexibility index (Phi) is 3.99. The number of pyridine rings is 1. The van der Waals surface area contributed by atoms with Crippen molar-refractivity contribution in [3.8, 4) is 17.0 Å². The number of hydrogen-bond donors (Lipinski definition) is 1. The third-order valence-corrected chi connectivity index (χ3v) is 4.74. The number of rotatable bonds is 2. The van der Waals surface area contributed by atoms with Crippen LogP contribution in [0.4, 0.5) is 8.78 Å². The van der Waals surface area contributed by atoms with Gasteiger partial charge in [-0.2, -0.15) is 0 Å². The zero-order valence-corrected chi connectivity index (χ0v) is 13.7. The summed E-state index contributed by atoms with van der Waals surface area (Å²) in [5.41, 5.74) is 2.75. The van der Waals surface area contributed by atoms with Crippen molar-refractivity contribution in [3.63, 3.8) is 0 Å². The number of carbonyl (C=O) groups excluding carboxylic acids is 1. The van der Waals surface area contributed by atoms with Crippen molar-refractivity contribution < 1.29 is 18.7 Å². The van der Waals surface area contributed by atoms with Gasteiger partial charge in [-0.3, -0.25) is 9.78 Å². The maximum Gasteiger partial charge on any atom is 0.187 e. The fourth-order valence-corrected chi connectivity index (χ4v) is 3.39. The summed E-state index contributed by atoms with van der Waals surface area (Å²) in [6, 6.07) is 14.9. The minimum Gasteiger partial charge on any atom is -0.503 e. The van der Waals surface area contributed by atoms with E-state index in [2.05, 4.69) is 4.98 Å². The summed E-state index contributed by atoms with van der Waals surface area (Å²) >= 11 is 0. The minimum atomic E-state index is -1.04. The molecule has 0 amide bonds. The van der Waals surface area contributed by atoms with Crippen LogP contribution < -0.4 is 0 Å². The molecule has 0 fully saturated rings. The molecule has 0 bridgehead atoms. The molecule has 1 atom stereocenters. The fourth-order valence-electron chi connectivity index (χ4n) is 3.39. The van der Waals surface area contributed by atoms with E-state index < -0.39 is 17.4 Å². The second kappa shape index (κ2) is 6.33. The molecular formula is C21H15F2NO2. The van der Waals surface area contributed by atoms with Gasteiger partial charge in [0, 0.05) is 17.0 Å². The second-order valence-corrected chi connectivity index (χ2v) is 6.35. The average Bonchev–Trinajstić information content (AvgIpc) is 2.66. The number of fused-ring (bicyclic) bond motifs is 1. The van der Waals surface area contributed by atoms with Crippen molar-refractivity contribution in [2.24, 2.45) is 0 Å². The Morgan fingerprint density at radius 2 is 1.69 bits per heavy atom. The lowest BCUT2D eigenvalue weighted by molar-refractivity contribution is 0.0945. The van der Waals surface area contributed by atoms with E-state index >= 15 is 0 Å². The van der Waals surface area contributed by atoms with Gasteiger partial charge in [-0.15, -0.1) is 0 Å². The monoisotopic (exact) mass is 351 g/mol. The quantitative estimate of drug-likeness (QED) is 0.731. The molecule has 0 spiro atoms. The van der Waals surface area contributed by atoms with Gasteiger partial charge in [0.1, 0.15) is 0 Å². The first-order valence-corrected chi connectivity index (χ1v) is 8.32. The molecule has 1 aromatic heterocycles. The Morgan fingerprint density at radius 3 is 2.38 bits per heavy atom. The van der Waals surface area contributed by atoms with Crippen LogP contribution in [0.2, 0.25) is 0 Å². The largest absolute Gasteiger partial charge is 0.503 e. The summed E-state index contributed by atoms with van der Waals surface area (Å²) in [7, 11) is 0. The minimum absolute atomic E-state index is 0.0135. The van der Waals surface area contributed by atoms with Crippen molar-refractivity contribution in [1.82, 2.24) is 4.98 Å². The van der Waals surface area contributed by atoms with Crippen LogP contribution in [0.25, 0.3) is 11.3 Å². The number of ketones is 1. The number of nitrogens with zero attached hydrogens (tertiary/aromatic N) is 1. The van der Waals surface area contributed by atoms with E-state index in [0.29, 0.717) is 29.8 Å². The van der Waals surface area contributed by atoms with Gasteiger partial charge < -0.3 is 5.11 Å². The van der Waals surface area contributed by atoms with E-state index in [9.17, 15) is 18.7 Å². The van der Waals surface area contributed by atoms with Crippen LogP contribution >= 0.6 is 0 Å². The van der Waals surface area contributed by atoms with Crippen molar-refractivity contribution in [1.29, 1.82) is 0 Å². The van der Waals surface area contributed by atoms with Crippen LogP contribution in [0.5, 0.6) is 5.75 Å². The molecule has 1 aliphatic rings. The van der Waals surface area contributed by atoms with Crippen molar-refractivity contribution in [2.75, 3.05) is 0 Å². The van der Waals surface area contributed by atoms with Gasteiger partial charge in [-0.25, -0.2) is 8.78 Å². The SMILES string of the molecule is O=C1c2ccc(-c3cc(F)c(O)c(F)c3)nc2CCC1c1ccccc1. The number of Topliss-reactive ketones (excluding diaryl/α,β-unsaturated/α-hetero) is 1. The molecule has 26 heavy (non-hydrogen) atoms. The lowest BCUT2D eigenvalue weighted by atomic mass is 9.81. The van der Waals surface area contributed by atoms with Crippen LogP contribution in [-0.2, 0) is 6.42 Å². The van der Waals surface area contributed by atoms with Gasteiger partial charge in [-0.1, -0.05) is 30.3 Å². The van der Waals surface area contributed by atoms with Crippen LogP contribution in [0.1, 0.15) is 34.0 Å². The molecule has 4 rings (SSSR count). The van der Waals surface area contributed by atoms with Crippen molar-refractivity contribution in [2.45, 2.75) is 18.8 Å². The van der Waals surface area contributed by atoms with E-state index in [1.165, 1.54) is 0 Å². The Balaban J connectivity index is 1.70. The smallest absolute Gasteiger partial charge is 0.187 e. The molecule has 0 aliphatic heterocycles. The standard InChI is InChI=1S/C21H15F2NO2/c22-16-10-13(11-17(23)21(16)26)18-8-7-15-19(24-18)9-6-14(20(15)25)12-4-2-1-3-5-12/h1-5,7-8,10-11,14,26H,6,9H2. The highest BCUT2D eigenvalue weighted by Crippen LogP contribution is 2.34. The third-order valence-electron chi connectivity index (χ3n) is 4.74. The number of phenols is 1. The molecular weight excluding hydrogens is 336 g/mol. The van der Waals surface area contributed by atoms with Gasteiger partial charge in [0.05, 0.1) is 11.4 Å². The molecule has 130 valence electrons. The van der Waals surface area contributed by atoms with Gasteiger partial charge in [-0.05, 0) is 42.7 Å². The van der Waals surface area contributed by atoms with E-state index in [1.54, 1.807) is 12.1 Å². The highest BCUT2D eigenvalue weighted by molar-refractivity contribution is 6.03. The molecule has 2 aromatic carbocycles. The summed E-state index contributed by atoms with van der Waals surface area (Å²) in [6.45, 7) is 0. The normalized spacial score (nSPS) is 16.4. The second-order valence-electron chi connectivity index (χ2n) is 6.35. The van der Waals surface area contributed by atoms with E-state index in [-0.39, 0.29) is 17.3 Å². The number of aryl methyl sites for hydroxylation is 1. The molecule has 3 aromatic rings. The lowest BCUT2D eigenvalue weighted by Gasteiger charge is -2.23. The molecule has 3 nitrogen and oxygen atoms in total. The molecule has 0 radical (unpaired) electrons. The molecule has 5 heteroatoms. The number of aromatic nitrogens is 1. The zero-order valence-electron chi connectivity index (χ0n) is 13.7. The predicted octanol–water partition coefficient (Wildman–Crippen LogP) is 4.65. The maximum absolute atomic E-state index is 13.6. The number of phenolic OH excluding ortho intramolecular Hbond substituents is 1. The van der Waals surface area contributed by atoms with Gasteiger partial charge in [0.2, 0.25) is 0 Å². The molecule has 1 unspecified atom stereocenters. The average molecular weight is 351 g/mol. The number of aromatic hydroxyl groups is 1. The number of carbonyl (C=O) groups is 1. The first-order chi connectivity index (χ1) is 12.5. The third kappa shape index (κ3) is 2.75. The molecule has 1 aliphatic carbocycles. The Labute approximate surface area is 149 Å². The summed E-state index contributed by atoms with van der Waals surface area (Å²) in [5.74, 6) is -3.27. The molecule has 1 N–H and O–H groups in total. The highest BCUT2D eigenvalue weighted by Gasteiger charge is 2.29. The summed E-state index contributed by atoms with van der Waals surface area (Å²) in [5, 5.41) is 9.23. The Morgan fingerprint density at radius 1 is 1.00 bits per heavy atom. The Hall–Kier alpha value is -3.08. The summed E-state index contributed by atoms with van der Waals surface area (Å²) in [4.78, 5) is 17.3. The number of halogens is 2. The maximum atomic E-state index is 13.6. The van der Waals surface area contributed by atoms with E-state index in [1.807, 2.05) is 30.3 Å². The topological polar surface area (TPSA) is 50.2 Å². The van der Waals surface area contributed by atoms with Gasteiger partial charge >= 0.3 is 0 Å². The lowest BCUT2D eigenvalue weighted by Crippen LogP contribution is -2.22. The van der Waals surface area contributed by atoms with Gasteiger partial charge in [0.15, 0.2) is 23.2 Å². The van der Waals surface area contributed by atoms with Crippen LogP contribution in [0.15, 0.2) is 54.6 Å². The van der Waals surface area contributed by atoms with E-state index in [0.717, 1.165) is 17.7 Å². The fraction of sp³-hybridized carbons (Fsp3) is 0.143. The van der Waals surface area contributed by atoms with Crippen LogP contribution in [-0.4, -0.2) is 15.9 Å². The molecule has 0 saturated heterocycles. The van der Waals surface area contributed by atoms with E-state index in [4.69, 9.17) is 0 Å². The number of hydrogen-bond acceptors (Lipinski definition) is 3. The van der Waals surface area contributed by atoms with Crippen molar-refractivity contribution >= 4 is 5.78 Å². The zero-order chi connectivity index (χ0) is 18.3.